The minimum Gasteiger partial charge on any atom is -0.390 e. The maximum Gasteiger partial charge on any atom is 0.0647 e. The Morgan fingerprint density at radius 3 is 1.55 bits per heavy atom. The highest BCUT2D eigenvalue weighted by Gasteiger charge is 2.37. The van der Waals surface area contributed by atoms with Gasteiger partial charge < -0.3 is 5.11 Å². The van der Waals surface area contributed by atoms with Gasteiger partial charge in [-0.1, -0.05) is 59.7 Å². The van der Waals surface area contributed by atoms with Gasteiger partial charge in [-0.05, 0) is 44.7 Å². The lowest BCUT2D eigenvalue weighted by Gasteiger charge is -2.39. The van der Waals surface area contributed by atoms with Crippen molar-refractivity contribution in [3.8, 4) is 0 Å². The van der Waals surface area contributed by atoms with Gasteiger partial charge in [0.15, 0.2) is 0 Å². The van der Waals surface area contributed by atoms with Gasteiger partial charge in [0.1, 0.15) is 0 Å². The van der Waals surface area contributed by atoms with Crippen molar-refractivity contribution >= 4 is 11.8 Å². The first kappa shape index (κ1) is 15.6. The third-order valence-electron chi connectivity index (χ3n) is 4.48. The summed E-state index contributed by atoms with van der Waals surface area (Å²) in [6, 6.07) is 17.5. The van der Waals surface area contributed by atoms with E-state index in [9.17, 15) is 5.11 Å². The Bertz CT molecular complexity index is 572. The molecule has 3 rings (SSSR count). The molecule has 2 aromatic carbocycles. The van der Waals surface area contributed by atoms with Crippen LogP contribution in [0.4, 0.5) is 0 Å². The van der Waals surface area contributed by atoms with Crippen LogP contribution in [0.25, 0.3) is 0 Å². The van der Waals surface area contributed by atoms with Crippen LogP contribution >= 0.6 is 11.8 Å². The van der Waals surface area contributed by atoms with Gasteiger partial charge >= 0.3 is 0 Å². The third kappa shape index (κ3) is 3.56. The number of hydrogen-bond acceptors (Lipinski definition) is 2. The average Bonchev–Trinajstić information content (AvgIpc) is 2.47. The zero-order valence-electron chi connectivity index (χ0n) is 13.5. The number of rotatable bonds is 2. The van der Waals surface area contributed by atoms with E-state index < -0.39 is 5.60 Å². The summed E-state index contributed by atoms with van der Waals surface area (Å²) in [5.41, 5.74) is 4.62. The van der Waals surface area contributed by atoms with Crippen LogP contribution in [0.2, 0.25) is 0 Å². The van der Waals surface area contributed by atoms with Crippen molar-refractivity contribution in [2.75, 3.05) is 0 Å². The largest absolute Gasteiger partial charge is 0.390 e. The summed E-state index contributed by atoms with van der Waals surface area (Å²) in [5, 5.41) is 11.4. The van der Waals surface area contributed by atoms with Crippen LogP contribution in [0.5, 0.6) is 0 Å². The minimum atomic E-state index is -0.601. The first-order valence-electron chi connectivity index (χ1n) is 7.94. The van der Waals surface area contributed by atoms with Gasteiger partial charge in [-0.2, -0.15) is 0 Å². The molecule has 0 amide bonds. The Morgan fingerprint density at radius 2 is 1.18 bits per heavy atom. The molecule has 1 saturated heterocycles. The second-order valence-corrected chi connectivity index (χ2v) is 8.25. The molecule has 1 aliphatic heterocycles. The molecule has 2 unspecified atom stereocenters. The van der Waals surface area contributed by atoms with Crippen LogP contribution in [0.15, 0.2) is 48.5 Å². The predicted molar refractivity (Wildman–Crippen MR) is 95.3 cm³/mol. The molecule has 2 atom stereocenters. The molecule has 0 aromatic heterocycles. The zero-order chi connectivity index (χ0) is 15.7. The van der Waals surface area contributed by atoms with E-state index in [0.29, 0.717) is 10.5 Å². The van der Waals surface area contributed by atoms with E-state index in [-0.39, 0.29) is 0 Å². The van der Waals surface area contributed by atoms with Crippen LogP contribution in [0, 0.1) is 13.8 Å². The van der Waals surface area contributed by atoms with E-state index in [2.05, 4.69) is 62.4 Å². The highest BCUT2D eigenvalue weighted by Crippen LogP contribution is 2.53. The van der Waals surface area contributed by atoms with Crippen molar-refractivity contribution in [3.63, 3.8) is 0 Å². The van der Waals surface area contributed by atoms with Crippen LogP contribution in [-0.4, -0.2) is 10.7 Å². The SMILES string of the molecule is Cc1ccc(C2CC(C)(O)CC(c3ccc(C)cc3)S2)cc1. The van der Waals surface area contributed by atoms with Crippen molar-refractivity contribution in [2.45, 2.75) is 49.7 Å². The van der Waals surface area contributed by atoms with E-state index in [1.807, 2.05) is 18.7 Å². The predicted octanol–water partition coefficient (Wildman–Crippen LogP) is 5.36. The summed E-state index contributed by atoms with van der Waals surface area (Å²) < 4.78 is 0. The fourth-order valence-corrected chi connectivity index (χ4v) is 5.07. The van der Waals surface area contributed by atoms with Crippen molar-refractivity contribution in [3.05, 3.63) is 70.8 Å². The molecule has 0 saturated carbocycles. The summed E-state index contributed by atoms with van der Waals surface area (Å²) in [6.45, 7) is 6.21. The summed E-state index contributed by atoms with van der Waals surface area (Å²) in [7, 11) is 0. The van der Waals surface area contributed by atoms with Crippen LogP contribution in [0.3, 0.4) is 0 Å². The molecule has 2 aromatic rings. The molecule has 22 heavy (non-hydrogen) atoms. The van der Waals surface area contributed by atoms with Crippen LogP contribution < -0.4 is 0 Å². The van der Waals surface area contributed by atoms with Crippen LogP contribution in [0.1, 0.15) is 52.5 Å². The molecule has 116 valence electrons. The van der Waals surface area contributed by atoms with Gasteiger partial charge in [0.25, 0.3) is 0 Å². The van der Waals surface area contributed by atoms with Crippen LogP contribution in [-0.2, 0) is 0 Å². The summed E-state index contributed by atoms with van der Waals surface area (Å²) >= 11 is 1.99. The van der Waals surface area contributed by atoms with Gasteiger partial charge in [0.2, 0.25) is 0 Å². The molecule has 1 fully saturated rings. The second kappa shape index (κ2) is 6.10. The first-order chi connectivity index (χ1) is 10.4. The highest BCUT2D eigenvalue weighted by molar-refractivity contribution is 7.99. The van der Waals surface area contributed by atoms with E-state index >= 15 is 0 Å². The van der Waals surface area contributed by atoms with Gasteiger partial charge in [-0.25, -0.2) is 0 Å². The summed E-state index contributed by atoms with van der Waals surface area (Å²) in [5.74, 6) is 0. The second-order valence-electron chi connectivity index (χ2n) is 6.84. The minimum absolute atomic E-state index is 0.357. The zero-order valence-corrected chi connectivity index (χ0v) is 14.4. The van der Waals surface area contributed by atoms with E-state index in [0.717, 1.165) is 12.8 Å². The Hall–Kier alpha value is -1.25. The van der Waals surface area contributed by atoms with Crippen molar-refractivity contribution in [1.82, 2.24) is 0 Å². The van der Waals surface area contributed by atoms with E-state index in [1.54, 1.807) is 0 Å². The normalized spacial score (nSPS) is 28.5. The molecule has 0 aliphatic carbocycles. The number of aryl methyl sites for hydroxylation is 2. The molecule has 1 aliphatic rings. The average molecular weight is 312 g/mol. The maximum absolute atomic E-state index is 10.7. The third-order valence-corrected chi connectivity index (χ3v) is 6.01. The monoisotopic (exact) mass is 312 g/mol. The van der Waals surface area contributed by atoms with Gasteiger partial charge in [-0.3, -0.25) is 0 Å². The van der Waals surface area contributed by atoms with Gasteiger partial charge in [-0.15, -0.1) is 11.8 Å². The Labute approximate surface area is 137 Å². The number of aliphatic hydroxyl groups is 1. The Balaban J connectivity index is 1.86. The quantitative estimate of drug-likeness (QED) is 0.805. The smallest absolute Gasteiger partial charge is 0.0647 e. The number of hydrogen-bond donors (Lipinski definition) is 1. The highest BCUT2D eigenvalue weighted by atomic mass is 32.2. The summed E-state index contributed by atoms with van der Waals surface area (Å²) in [4.78, 5) is 0. The van der Waals surface area contributed by atoms with Crippen molar-refractivity contribution in [2.24, 2.45) is 0 Å². The number of benzene rings is 2. The maximum atomic E-state index is 10.7. The Kier molecular flexibility index (Phi) is 4.33. The summed E-state index contributed by atoms with van der Waals surface area (Å²) in [6.07, 6.45) is 1.65. The molecule has 1 N–H and O–H groups in total. The van der Waals surface area contributed by atoms with E-state index in [4.69, 9.17) is 0 Å². The molecule has 1 nitrogen and oxygen atoms in total. The molecule has 2 heteroatoms. The van der Waals surface area contributed by atoms with E-state index in [1.165, 1.54) is 22.3 Å². The lowest BCUT2D eigenvalue weighted by molar-refractivity contribution is 0.0365. The molecular formula is C20H24OS. The van der Waals surface area contributed by atoms with Crippen molar-refractivity contribution < 1.29 is 5.11 Å². The standard InChI is InChI=1S/C20H24OS/c1-14-4-8-16(9-5-14)18-12-20(3,21)13-19(22-18)17-10-6-15(2)7-11-17/h4-11,18-19,21H,12-13H2,1-3H3. The fraction of sp³-hybridized carbons (Fsp3) is 0.400. The molecule has 1 heterocycles. The van der Waals surface area contributed by atoms with Gasteiger partial charge in [0.05, 0.1) is 5.60 Å². The van der Waals surface area contributed by atoms with Gasteiger partial charge in [0, 0.05) is 10.5 Å². The molecule has 0 radical (unpaired) electrons. The molecular weight excluding hydrogens is 288 g/mol. The fourth-order valence-electron chi connectivity index (χ4n) is 3.13. The Morgan fingerprint density at radius 1 is 0.818 bits per heavy atom. The topological polar surface area (TPSA) is 20.2 Å². The van der Waals surface area contributed by atoms with Crippen molar-refractivity contribution in [1.29, 1.82) is 0 Å². The first-order valence-corrected chi connectivity index (χ1v) is 8.88. The lowest BCUT2D eigenvalue weighted by atomic mass is 9.89. The number of thioether (sulfide) groups is 1. The molecule has 0 spiro atoms. The molecule has 0 bridgehead atoms. The lowest BCUT2D eigenvalue weighted by Crippen LogP contribution is -2.32.